The van der Waals surface area contributed by atoms with E-state index in [9.17, 15) is 9.90 Å². The summed E-state index contributed by atoms with van der Waals surface area (Å²) in [4.78, 5) is 10.5. The monoisotopic (exact) mass is 174 g/mol. The first-order valence-corrected chi connectivity index (χ1v) is 4.09. The summed E-state index contributed by atoms with van der Waals surface area (Å²) < 4.78 is 4.90. The van der Waals surface area contributed by atoms with Crippen molar-refractivity contribution in [1.82, 2.24) is 0 Å². The molecule has 0 spiro atoms. The molecule has 1 aliphatic carbocycles. The summed E-state index contributed by atoms with van der Waals surface area (Å²) in [6.45, 7) is 1.30. The number of aliphatic hydroxyl groups is 2. The smallest absolute Gasteiger partial charge is 0.302 e. The van der Waals surface area contributed by atoms with Gasteiger partial charge in [0, 0.05) is 25.9 Å². The van der Waals surface area contributed by atoms with Gasteiger partial charge in [-0.25, -0.2) is 0 Å². The number of ether oxygens (including phenoxy) is 1. The lowest BCUT2D eigenvalue weighted by atomic mass is 10.1. The lowest BCUT2D eigenvalue weighted by Crippen LogP contribution is -2.16. The standard InChI is InChI=1S/C8H14O4/c1-5(10)12-7-2-6(4-9)8(11)3-7/h6-9,11H,2-4H2,1H3/t6-,7+,8+/m1/s1. The molecule has 2 N–H and O–H groups in total. The molecule has 0 heterocycles. The van der Waals surface area contributed by atoms with E-state index < -0.39 is 6.10 Å². The largest absolute Gasteiger partial charge is 0.462 e. The Morgan fingerprint density at radius 1 is 1.58 bits per heavy atom. The maximum absolute atomic E-state index is 10.5. The van der Waals surface area contributed by atoms with Crippen LogP contribution in [0.25, 0.3) is 0 Å². The summed E-state index contributed by atoms with van der Waals surface area (Å²) in [6, 6.07) is 0. The Kier molecular flexibility index (Phi) is 3.05. The second-order valence-electron chi connectivity index (χ2n) is 3.21. The van der Waals surface area contributed by atoms with E-state index >= 15 is 0 Å². The molecular weight excluding hydrogens is 160 g/mol. The van der Waals surface area contributed by atoms with Crippen LogP contribution in [0.15, 0.2) is 0 Å². The fraction of sp³-hybridized carbons (Fsp3) is 0.875. The van der Waals surface area contributed by atoms with Crippen LogP contribution in [-0.4, -0.2) is 35.0 Å². The van der Waals surface area contributed by atoms with E-state index in [4.69, 9.17) is 9.84 Å². The lowest BCUT2D eigenvalue weighted by molar-refractivity contribution is -0.146. The Labute approximate surface area is 71.2 Å². The summed E-state index contributed by atoms with van der Waals surface area (Å²) in [5.74, 6) is -0.458. The second-order valence-corrected chi connectivity index (χ2v) is 3.21. The zero-order valence-electron chi connectivity index (χ0n) is 7.06. The maximum atomic E-state index is 10.5. The molecule has 0 bridgehead atoms. The lowest BCUT2D eigenvalue weighted by Gasteiger charge is -2.08. The first kappa shape index (κ1) is 9.48. The molecule has 1 rings (SSSR count). The van der Waals surface area contributed by atoms with Crippen molar-refractivity contribution in [1.29, 1.82) is 0 Å². The third kappa shape index (κ3) is 2.19. The Morgan fingerprint density at radius 3 is 2.67 bits per heavy atom. The summed E-state index contributed by atoms with van der Waals surface area (Å²) in [5, 5.41) is 18.1. The minimum absolute atomic E-state index is 0.0427. The highest BCUT2D eigenvalue weighted by Crippen LogP contribution is 2.27. The number of hydrogen-bond acceptors (Lipinski definition) is 4. The molecule has 3 atom stereocenters. The van der Waals surface area contributed by atoms with Gasteiger partial charge in [-0.2, -0.15) is 0 Å². The highest BCUT2D eigenvalue weighted by Gasteiger charge is 2.34. The van der Waals surface area contributed by atoms with E-state index in [1.165, 1.54) is 6.92 Å². The number of carbonyl (C=O) groups is 1. The number of carbonyl (C=O) groups excluding carboxylic acids is 1. The molecule has 1 aliphatic rings. The average Bonchev–Trinajstić information content (AvgIpc) is 2.29. The molecule has 0 aliphatic heterocycles. The van der Waals surface area contributed by atoms with Crippen LogP contribution >= 0.6 is 0 Å². The maximum Gasteiger partial charge on any atom is 0.302 e. The van der Waals surface area contributed by atoms with Gasteiger partial charge in [0.2, 0.25) is 0 Å². The third-order valence-electron chi connectivity index (χ3n) is 2.18. The van der Waals surface area contributed by atoms with Crippen LogP contribution in [0.1, 0.15) is 19.8 Å². The van der Waals surface area contributed by atoms with E-state index in [0.717, 1.165) is 0 Å². The van der Waals surface area contributed by atoms with Crippen molar-refractivity contribution < 1.29 is 19.7 Å². The van der Waals surface area contributed by atoms with Gasteiger partial charge in [0.15, 0.2) is 0 Å². The normalized spacial score (nSPS) is 35.1. The first-order chi connectivity index (χ1) is 5.63. The van der Waals surface area contributed by atoms with Crippen LogP contribution in [0, 0.1) is 5.92 Å². The van der Waals surface area contributed by atoms with Crippen LogP contribution in [0.3, 0.4) is 0 Å². The summed E-state index contributed by atoms with van der Waals surface area (Å²) in [6.07, 6.45) is 0.274. The van der Waals surface area contributed by atoms with Gasteiger partial charge < -0.3 is 14.9 Å². The van der Waals surface area contributed by atoms with Crippen LogP contribution in [-0.2, 0) is 9.53 Å². The van der Waals surface area contributed by atoms with Gasteiger partial charge in [-0.3, -0.25) is 4.79 Å². The van der Waals surface area contributed by atoms with Gasteiger partial charge in [0.05, 0.1) is 6.10 Å². The molecule has 12 heavy (non-hydrogen) atoms. The Morgan fingerprint density at radius 2 is 2.25 bits per heavy atom. The van der Waals surface area contributed by atoms with Crippen molar-refractivity contribution in [2.24, 2.45) is 5.92 Å². The van der Waals surface area contributed by atoms with Crippen molar-refractivity contribution in [3.05, 3.63) is 0 Å². The highest BCUT2D eigenvalue weighted by atomic mass is 16.5. The van der Waals surface area contributed by atoms with Gasteiger partial charge in [0.25, 0.3) is 0 Å². The molecule has 0 radical (unpaired) electrons. The quantitative estimate of drug-likeness (QED) is 0.563. The molecule has 0 aromatic heterocycles. The van der Waals surface area contributed by atoms with Crippen molar-refractivity contribution in [2.45, 2.75) is 32.0 Å². The van der Waals surface area contributed by atoms with Crippen molar-refractivity contribution in [3.63, 3.8) is 0 Å². The average molecular weight is 174 g/mol. The van der Waals surface area contributed by atoms with Gasteiger partial charge >= 0.3 is 5.97 Å². The SMILES string of the molecule is CC(=O)O[C@H]1C[C@H](CO)[C@@H](O)C1. The molecular formula is C8H14O4. The van der Waals surface area contributed by atoms with E-state index in [1.807, 2.05) is 0 Å². The van der Waals surface area contributed by atoms with E-state index in [1.54, 1.807) is 0 Å². The first-order valence-electron chi connectivity index (χ1n) is 4.09. The Hall–Kier alpha value is -0.610. The molecule has 1 saturated carbocycles. The predicted molar refractivity (Wildman–Crippen MR) is 41.4 cm³/mol. The fourth-order valence-corrected chi connectivity index (χ4v) is 1.58. The number of esters is 1. The zero-order valence-corrected chi connectivity index (χ0v) is 7.06. The van der Waals surface area contributed by atoms with Crippen molar-refractivity contribution in [3.8, 4) is 0 Å². The van der Waals surface area contributed by atoms with Gasteiger partial charge in [-0.05, 0) is 6.42 Å². The third-order valence-corrected chi connectivity index (χ3v) is 2.18. The minimum Gasteiger partial charge on any atom is -0.462 e. The molecule has 70 valence electrons. The summed E-state index contributed by atoms with van der Waals surface area (Å²) >= 11 is 0. The van der Waals surface area contributed by atoms with Crippen molar-refractivity contribution in [2.75, 3.05) is 6.61 Å². The minimum atomic E-state index is -0.528. The van der Waals surface area contributed by atoms with Gasteiger partial charge in [-0.1, -0.05) is 0 Å². The molecule has 1 fully saturated rings. The fourth-order valence-electron chi connectivity index (χ4n) is 1.58. The van der Waals surface area contributed by atoms with E-state index in [2.05, 4.69) is 0 Å². The number of hydrogen-bond donors (Lipinski definition) is 2. The summed E-state index contributed by atoms with van der Waals surface area (Å²) in [5.41, 5.74) is 0. The summed E-state index contributed by atoms with van der Waals surface area (Å²) in [7, 11) is 0. The predicted octanol–water partition coefficient (Wildman–Crippen LogP) is -0.319. The topological polar surface area (TPSA) is 66.8 Å². The van der Waals surface area contributed by atoms with Crippen LogP contribution in [0.5, 0.6) is 0 Å². The molecule has 0 aromatic carbocycles. The zero-order chi connectivity index (χ0) is 9.14. The number of aliphatic hydroxyl groups excluding tert-OH is 2. The van der Waals surface area contributed by atoms with Gasteiger partial charge in [-0.15, -0.1) is 0 Å². The molecule has 0 saturated heterocycles. The number of rotatable bonds is 2. The van der Waals surface area contributed by atoms with Crippen LogP contribution in [0.4, 0.5) is 0 Å². The molecule has 0 unspecified atom stereocenters. The Bertz CT molecular complexity index is 168. The molecule has 4 nitrogen and oxygen atoms in total. The van der Waals surface area contributed by atoms with E-state index in [0.29, 0.717) is 12.8 Å². The molecule has 0 aromatic rings. The van der Waals surface area contributed by atoms with Gasteiger partial charge in [0.1, 0.15) is 6.10 Å². The van der Waals surface area contributed by atoms with Crippen LogP contribution in [0.2, 0.25) is 0 Å². The second kappa shape index (κ2) is 3.87. The Balaban J connectivity index is 2.37. The molecule has 4 heteroatoms. The van der Waals surface area contributed by atoms with E-state index in [-0.39, 0.29) is 24.6 Å². The van der Waals surface area contributed by atoms with Crippen molar-refractivity contribution >= 4 is 5.97 Å². The molecule has 0 amide bonds. The highest BCUT2D eigenvalue weighted by molar-refractivity contribution is 5.66. The van der Waals surface area contributed by atoms with Crippen LogP contribution < -0.4 is 0 Å².